The maximum absolute atomic E-state index is 12.7. The molecule has 30 heavy (non-hydrogen) atoms. The van der Waals surface area contributed by atoms with Crippen LogP contribution in [0.5, 0.6) is 0 Å². The largest absolute Gasteiger partial charge is 0.467 e. The average Bonchev–Trinajstić information content (AvgIpc) is 3.46. The molecule has 0 saturated carbocycles. The van der Waals surface area contributed by atoms with Gasteiger partial charge in [0, 0.05) is 11.1 Å². The van der Waals surface area contributed by atoms with E-state index in [1.165, 1.54) is 5.56 Å². The molecule has 1 aromatic carbocycles. The summed E-state index contributed by atoms with van der Waals surface area (Å²) >= 11 is 5.62. The lowest BCUT2D eigenvalue weighted by Crippen LogP contribution is -2.39. The second-order valence-corrected chi connectivity index (χ2v) is 7.46. The van der Waals surface area contributed by atoms with Crippen molar-refractivity contribution in [2.75, 3.05) is 0 Å². The molecule has 3 aromatic heterocycles. The van der Waals surface area contributed by atoms with Crippen LogP contribution in [0.4, 0.5) is 0 Å². The summed E-state index contributed by atoms with van der Waals surface area (Å²) < 4.78 is 10.9. The van der Waals surface area contributed by atoms with Gasteiger partial charge in [0.2, 0.25) is 0 Å². The highest BCUT2D eigenvalue weighted by Crippen LogP contribution is 2.16. The lowest BCUT2D eigenvalue weighted by atomic mass is 10.1. The summed E-state index contributed by atoms with van der Waals surface area (Å²) in [4.78, 5) is 17.6. The summed E-state index contributed by atoms with van der Waals surface area (Å²) in [7, 11) is 0. The molecule has 0 amide bonds. The number of hydrogen-bond donors (Lipinski definition) is 2. The molecule has 0 unspecified atom stereocenters. The second kappa shape index (κ2) is 9.00. The summed E-state index contributed by atoms with van der Waals surface area (Å²) in [5.41, 5.74) is 2.58. The predicted molar refractivity (Wildman–Crippen MR) is 120 cm³/mol. The molecule has 4 rings (SSSR count). The van der Waals surface area contributed by atoms with Gasteiger partial charge in [-0.1, -0.05) is 13.0 Å². The van der Waals surface area contributed by atoms with Gasteiger partial charge in [0.15, 0.2) is 5.11 Å². The van der Waals surface area contributed by atoms with Gasteiger partial charge in [0.05, 0.1) is 32.2 Å². The number of fused-ring (bicyclic) bond motifs is 1. The quantitative estimate of drug-likeness (QED) is 0.432. The van der Waals surface area contributed by atoms with E-state index in [0.717, 1.165) is 28.8 Å². The summed E-state index contributed by atoms with van der Waals surface area (Å²) in [5, 5.41) is 4.73. The van der Waals surface area contributed by atoms with Gasteiger partial charge in [-0.3, -0.25) is 4.79 Å². The van der Waals surface area contributed by atoms with Crippen molar-refractivity contribution in [2.24, 2.45) is 0 Å². The molecule has 6 nitrogen and oxygen atoms in total. The Morgan fingerprint density at radius 1 is 1.07 bits per heavy atom. The van der Waals surface area contributed by atoms with E-state index in [0.29, 0.717) is 30.3 Å². The van der Waals surface area contributed by atoms with Crippen molar-refractivity contribution < 1.29 is 8.83 Å². The standard InChI is InChI=1S/C23H23N3O3S/c1-2-16-7-8-21-17(11-16)12-18(22(27)25-21)14-26(15-20-6-4-10-29-20)23(30)24-13-19-5-3-9-28-19/h3-12H,2,13-15H2,1H3,(H,24,30)(H,25,27). The molecule has 7 heteroatoms. The summed E-state index contributed by atoms with van der Waals surface area (Å²) in [6.07, 6.45) is 4.19. The van der Waals surface area contributed by atoms with Crippen molar-refractivity contribution in [3.63, 3.8) is 0 Å². The zero-order chi connectivity index (χ0) is 20.9. The average molecular weight is 422 g/mol. The molecule has 0 fully saturated rings. The molecule has 0 radical (unpaired) electrons. The number of thiocarbonyl (C=S) groups is 1. The highest BCUT2D eigenvalue weighted by atomic mass is 32.1. The van der Waals surface area contributed by atoms with Crippen LogP contribution in [0.15, 0.2) is 74.7 Å². The number of aryl methyl sites for hydroxylation is 1. The molecule has 0 atom stereocenters. The number of benzene rings is 1. The third-order valence-electron chi connectivity index (χ3n) is 4.96. The lowest BCUT2D eigenvalue weighted by Gasteiger charge is -2.24. The molecular formula is C23H23N3O3S. The molecule has 3 heterocycles. The van der Waals surface area contributed by atoms with Gasteiger partial charge >= 0.3 is 0 Å². The van der Waals surface area contributed by atoms with Crippen molar-refractivity contribution in [1.29, 1.82) is 0 Å². The highest BCUT2D eigenvalue weighted by Gasteiger charge is 2.15. The number of furan rings is 2. The maximum atomic E-state index is 12.7. The Bertz CT molecular complexity index is 1180. The summed E-state index contributed by atoms with van der Waals surface area (Å²) in [6, 6.07) is 15.5. The van der Waals surface area contributed by atoms with Crippen LogP contribution in [0, 0.1) is 0 Å². The van der Waals surface area contributed by atoms with Crippen LogP contribution in [0.25, 0.3) is 10.9 Å². The molecule has 0 saturated heterocycles. The van der Waals surface area contributed by atoms with Crippen molar-refractivity contribution in [3.8, 4) is 0 Å². The molecule has 0 aliphatic heterocycles. The van der Waals surface area contributed by atoms with Gasteiger partial charge in [0.25, 0.3) is 5.56 Å². The fraction of sp³-hybridized carbons (Fsp3) is 0.217. The third kappa shape index (κ3) is 4.63. The first-order valence-electron chi connectivity index (χ1n) is 9.84. The number of rotatable bonds is 7. The van der Waals surface area contributed by atoms with Crippen LogP contribution in [-0.2, 0) is 26.1 Å². The monoisotopic (exact) mass is 421 g/mol. The predicted octanol–water partition coefficient (Wildman–Crippen LogP) is 4.35. The van der Waals surface area contributed by atoms with Crippen LogP contribution >= 0.6 is 12.2 Å². The molecule has 0 spiro atoms. The minimum absolute atomic E-state index is 0.120. The number of H-pyrrole nitrogens is 1. The normalized spacial score (nSPS) is 11.0. The first-order chi connectivity index (χ1) is 14.6. The Kier molecular flexibility index (Phi) is 5.99. The van der Waals surface area contributed by atoms with Crippen LogP contribution in [0.2, 0.25) is 0 Å². The van der Waals surface area contributed by atoms with E-state index < -0.39 is 0 Å². The Balaban J connectivity index is 1.59. The lowest BCUT2D eigenvalue weighted by molar-refractivity contribution is 0.348. The van der Waals surface area contributed by atoms with Crippen LogP contribution < -0.4 is 10.9 Å². The van der Waals surface area contributed by atoms with Crippen molar-refractivity contribution >= 4 is 28.2 Å². The number of nitrogens with one attached hydrogen (secondary N) is 2. The van der Waals surface area contributed by atoms with E-state index in [9.17, 15) is 4.79 Å². The van der Waals surface area contributed by atoms with Crippen LogP contribution in [0.1, 0.15) is 29.6 Å². The minimum Gasteiger partial charge on any atom is -0.467 e. The number of nitrogens with zero attached hydrogens (tertiary/aromatic N) is 1. The van der Waals surface area contributed by atoms with Crippen molar-refractivity contribution in [3.05, 3.63) is 94.1 Å². The topological polar surface area (TPSA) is 74.4 Å². The maximum Gasteiger partial charge on any atom is 0.253 e. The van der Waals surface area contributed by atoms with Gasteiger partial charge in [-0.05, 0) is 72.1 Å². The highest BCUT2D eigenvalue weighted by molar-refractivity contribution is 7.80. The Labute approximate surface area is 179 Å². The first kappa shape index (κ1) is 20.0. The zero-order valence-electron chi connectivity index (χ0n) is 16.7. The summed E-state index contributed by atoms with van der Waals surface area (Å²) in [6.45, 7) is 3.38. The van der Waals surface area contributed by atoms with E-state index in [1.807, 2.05) is 47.4 Å². The van der Waals surface area contributed by atoms with E-state index in [2.05, 4.69) is 23.3 Å². The molecule has 154 valence electrons. The van der Waals surface area contributed by atoms with Gasteiger partial charge in [0.1, 0.15) is 11.5 Å². The molecule has 0 aliphatic carbocycles. The van der Waals surface area contributed by atoms with E-state index in [-0.39, 0.29) is 5.56 Å². The smallest absolute Gasteiger partial charge is 0.253 e. The molecular weight excluding hydrogens is 398 g/mol. The molecule has 0 aliphatic rings. The van der Waals surface area contributed by atoms with E-state index >= 15 is 0 Å². The number of hydrogen-bond acceptors (Lipinski definition) is 4. The number of pyridine rings is 1. The first-order valence-corrected chi connectivity index (χ1v) is 10.3. The second-order valence-electron chi connectivity index (χ2n) is 7.07. The Morgan fingerprint density at radius 3 is 2.53 bits per heavy atom. The van der Waals surface area contributed by atoms with E-state index in [1.54, 1.807) is 12.5 Å². The van der Waals surface area contributed by atoms with Crippen LogP contribution in [-0.4, -0.2) is 15.0 Å². The van der Waals surface area contributed by atoms with Gasteiger partial charge in [-0.2, -0.15) is 0 Å². The number of aromatic amines is 1. The number of aromatic nitrogens is 1. The SMILES string of the molecule is CCc1ccc2[nH]c(=O)c(CN(Cc3ccco3)C(=S)NCc3ccco3)cc2c1. The van der Waals surface area contributed by atoms with Crippen LogP contribution in [0.3, 0.4) is 0 Å². The Hall–Kier alpha value is -3.32. The molecule has 0 bridgehead atoms. The fourth-order valence-electron chi connectivity index (χ4n) is 3.32. The molecule has 2 N–H and O–H groups in total. The molecule has 4 aromatic rings. The minimum atomic E-state index is -0.120. The Morgan fingerprint density at radius 2 is 1.83 bits per heavy atom. The third-order valence-corrected chi connectivity index (χ3v) is 5.37. The van der Waals surface area contributed by atoms with E-state index in [4.69, 9.17) is 21.1 Å². The zero-order valence-corrected chi connectivity index (χ0v) is 17.5. The van der Waals surface area contributed by atoms with Gasteiger partial charge in [-0.15, -0.1) is 0 Å². The van der Waals surface area contributed by atoms with Gasteiger partial charge < -0.3 is 24.0 Å². The van der Waals surface area contributed by atoms with Crippen molar-refractivity contribution in [2.45, 2.75) is 33.0 Å². The fourth-order valence-corrected chi connectivity index (χ4v) is 3.52. The summed E-state index contributed by atoms with van der Waals surface area (Å²) in [5.74, 6) is 1.55. The van der Waals surface area contributed by atoms with Gasteiger partial charge in [-0.25, -0.2) is 0 Å². The van der Waals surface area contributed by atoms with Crippen molar-refractivity contribution in [1.82, 2.24) is 15.2 Å².